The van der Waals surface area contributed by atoms with E-state index in [0.29, 0.717) is 37.7 Å². The number of phenols is 2. The number of aryl methyl sites for hydroxylation is 1. The summed E-state index contributed by atoms with van der Waals surface area (Å²) in [5.74, 6) is -4.96. The van der Waals surface area contributed by atoms with Crippen molar-refractivity contribution >= 4 is 52.8 Å². The highest BCUT2D eigenvalue weighted by atomic mass is 16.6. The van der Waals surface area contributed by atoms with E-state index >= 15 is 0 Å². The largest absolute Gasteiger partial charge is 0.507 e. The van der Waals surface area contributed by atoms with Crippen LogP contribution in [0.2, 0.25) is 0 Å². The summed E-state index contributed by atoms with van der Waals surface area (Å²) in [6.07, 6.45) is 9.52. The number of esters is 2. The van der Waals surface area contributed by atoms with E-state index in [4.69, 9.17) is 56.1 Å². The maximum absolute atomic E-state index is 14.1. The molecule has 0 unspecified atom stereocenters. The van der Waals surface area contributed by atoms with Crippen LogP contribution in [0.1, 0.15) is 169 Å². The fourth-order valence-electron chi connectivity index (χ4n) is 15.0. The molecule has 0 aliphatic heterocycles. The zero-order chi connectivity index (χ0) is 65.2. The smallest absolute Gasteiger partial charge is 0.323 e. The topological polar surface area (TPSA) is 390 Å². The van der Waals surface area contributed by atoms with Crippen LogP contribution in [0, 0.1) is 47.3 Å². The molecule has 4 saturated carbocycles. The SMILES string of the molecule is CCCCCC[C@](C)(O)[C@H]1CC[C@H]2[C@@H]3C[C@H](OC(=O)[C@@H](N)CC(=O)NCCOCCOCC(=O)Cc4ccc(OC)c(C(N)=O)c4O)[C@H]4C[C@@H](OC(=O)[C@@H](N)CC(=O)CCCOCCOCC(=O)Nc5ccc(C)c(C(N)=O)c5O)CC[C@]4(C)[C@H]3CC[C@@]21C. The zero-order valence-electron chi connectivity index (χ0n) is 52.9. The number of anilines is 1. The maximum Gasteiger partial charge on any atom is 0.323 e. The first-order valence-electron chi connectivity index (χ1n) is 31.6. The number of primary amides is 2. The molecule has 2 aromatic rings. The predicted octanol–water partition coefficient (Wildman–Crippen LogP) is 5.14. The van der Waals surface area contributed by atoms with E-state index in [0.717, 1.165) is 57.8 Å². The Hall–Kier alpha value is -6.28. The van der Waals surface area contributed by atoms with E-state index in [1.54, 1.807) is 13.0 Å². The number of ether oxygens (including phenoxy) is 7. The van der Waals surface area contributed by atoms with Crippen LogP contribution in [0.5, 0.6) is 17.2 Å². The molecule has 4 amide bonds. The number of nitrogens with one attached hydrogen (secondary N) is 2. The summed E-state index contributed by atoms with van der Waals surface area (Å²) in [7, 11) is 1.32. The van der Waals surface area contributed by atoms with Crippen molar-refractivity contribution in [2.75, 3.05) is 71.8 Å². The number of Topliss-reactive ketones (excluding diaryl/α,β-unsaturated/α-hetero) is 2. The minimum Gasteiger partial charge on any atom is -0.507 e. The summed E-state index contributed by atoms with van der Waals surface area (Å²) in [5, 5.41) is 38.2. The van der Waals surface area contributed by atoms with Gasteiger partial charge in [-0.3, -0.25) is 38.4 Å². The van der Waals surface area contributed by atoms with E-state index in [1.165, 1.54) is 25.3 Å². The number of nitrogens with two attached hydrogens (primary N) is 4. The van der Waals surface area contributed by atoms with E-state index in [9.17, 15) is 53.7 Å². The van der Waals surface area contributed by atoms with Crippen LogP contribution in [0.15, 0.2) is 24.3 Å². The van der Waals surface area contributed by atoms with Crippen LogP contribution in [-0.2, 0) is 63.6 Å². The van der Waals surface area contributed by atoms with E-state index in [-0.39, 0.29) is 165 Å². The van der Waals surface area contributed by atoms with Gasteiger partial charge >= 0.3 is 11.9 Å². The van der Waals surface area contributed by atoms with Crippen molar-refractivity contribution in [3.63, 3.8) is 0 Å². The molecule has 0 radical (unpaired) electrons. The Kier molecular flexibility index (Phi) is 26.7. The third kappa shape index (κ3) is 18.9. The zero-order valence-corrected chi connectivity index (χ0v) is 52.9. The van der Waals surface area contributed by atoms with Crippen LogP contribution in [0.25, 0.3) is 0 Å². The van der Waals surface area contributed by atoms with E-state index in [1.807, 2.05) is 6.92 Å². The standard InChI is InChI=1S/C65H98N6O18/c1-7-8-9-10-21-65(5,82)52-18-15-44-43-34-51(89-62(81)48(67)35-53(74)70-24-26-85-28-29-86-36-41(73)31-39-14-17-50(83-6)56(57(39)76)60(69)79)46-33-42(19-22-63(46,3)45(43)20-23-64(44,52)4)88-61(80)47(66)32-40(72)12-11-25-84-27-30-87-37-54(75)71-49-16-13-38(2)55(58(49)77)59(68)78/h13-14,16-17,42-48,51-52,76-77,82H,7-12,15,18-37,66-67H2,1-6H3,(H2,68,78)(H2,69,79)(H,70,74)(H,71,75)/t42-,43-,44-,45-,46+,47-,48-,51-,52-,63+,64-,65-/m0/s1. The van der Waals surface area contributed by atoms with Gasteiger partial charge in [0.1, 0.15) is 60.4 Å². The normalized spacial score (nSPS) is 25.0. The number of carbonyl (C=O) groups is 8. The molecule has 0 spiro atoms. The third-order valence-corrected chi connectivity index (χ3v) is 19.4. The lowest BCUT2D eigenvalue weighted by Gasteiger charge is -2.63. The molecule has 89 heavy (non-hydrogen) atoms. The lowest BCUT2D eigenvalue weighted by molar-refractivity contribution is -0.202. The predicted molar refractivity (Wildman–Crippen MR) is 327 cm³/mol. The Labute approximate surface area is 522 Å². The van der Waals surface area contributed by atoms with Gasteiger partial charge in [0.15, 0.2) is 11.5 Å². The summed E-state index contributed by atoms with van der Waals surface area (Å²) in [6.45, 7) is 10.6. The molecular weight excluding hydrogens is 1150 g/mol. The monoisotopic (exact) mass is 1250 g/mol. The molecule has 0 heterocycles. The van der Waals surface area contributed by atoms with Gasteiger partial charge in [0.05, 0.1) is 63.4 Å². The van der Waals surface area contributed by atoms with Gasteiger partial charge in [-0.05, 0) is 130 Å². The van der Waals surface area contributed by atoms with Crippen LogP contribution >= 0.6 is 0 Å². The molecule has 4 fully saturated rings. The van der Waals surface area contributed by atoms with Gasteiger partial charge in [-0.25, -0.2) is 0 Å². The summed E-state index contributed by atoms with van der Waals surface area (Å²) in [4.78, 5) is 102. The molecule has 0 bridgehead atoms. The Morgan fingerprint density at radius 1 is 0.685 bits per heavy atom. The number of ketones is 2. The summed E-state index contributed by atoms with van der Waals surface area (Å²) in [6, 6.07) is 3.40. The Bertz CT molecular complexity index is 2800. The third-order valence-electron chi connectivity index (χ3n) is 19.4. The number of carbonyl (C=O) groups excluding carboxylic acids is 8. The second kappa shape index (κ2) is 33.2. The van der Waals surface area contributed by atoms with Gasteiger partial charge in [0.25, 0.3) is 11.8 Å². The first-order valence-corrected chi connectivity index (χ1v) is 31.6. The molecule has 12 atom stereocenters. The van der Waals surface area contributed by atoms with E-state index in [2.05, 4.69) is 31.4 Å². The van der Waals surface area contributed by atoms with E-state index < -0.39 is 77.0 Å². The number of methoxy groups -OCH3 is 1. The van der Waals surface area contributed by atoms with Crippen molar-refractivity contribution in [2.24, 2.45) is 63.4 Å². The summed E-state index contributed by atoms with van der Waals surface area (Å²) < 4.78 is 39.5. The van der Waals surface area contributed by atoms with Crippen LogP contribution in [0.3, 0.4) is 0 Å². The average molecular weight is 1250 g/mol. The van der Waals surface area contributed by atoms with Gasteiger partial charge in [0.2, 0.25) is 11.8 Å². The number of rotatable bonds is 37. The van der Waals surface area contributed by atoms with Gasteiger partial charge in [-0.15, -0.1) is 0 Å². The fourth-order valence-corrected chi connectivity index (χ4v) is 15.0. The number of benzene rings is 2. The molecule has 6 rings (SSSR count). The molecule has 13 N–H and O–H groups in total. The first-order chi connectivity index (χ1) is 42.3. The van der Waals surface area contributed by atoms with Crippen molar-refractivity contribution in [3.8, 4) is 17.2 Å². The number of amides is 4. The van der Waals surface area contributed by atoms with Gasteiger partial charge < -0.3 is 82.0 Å². The fraction of sp³-hybridized carbons (Fsp3) is 0.692. The number of aliphatic hydroxyl groups is 1. The second-order valence-electron chi connectivity index (χ2n) is 25.6. The van der Waals surface area contributed by atoms with Crippen LogP contribution in [-0.4, -0.2) is 159 Å². The minimum absolute atomic E-state index is 0.0181. The van der Waals surface area contributed by atoms with Crippen molar-refractivity contribution in [2.45, 2.75) is 180 Å². The minimum atomic E-state index is -1.29. The second-order valence-corrected chi connectivity index (χ2v) is 25.6. The highest BCUT2D eigenvalue weighted by Gasteiger charge is 2.65. The van der Waals surface area contributed by atoms with Crippen molar-refractivity contribution in [3.05, 3.63) is 46.5 Å². The first kappa shape index (κ1) is 71.8. The molecular formula is C65H98N6O18. The van der Waals surface area contributed by atoms with Crippen LogP contribution in [0.4, 0.5) is 5.69 Å². The lowest BCUT2D eigenvalue weighted by Crippen LogP contribution is -2.60. The highest BCUT2D eigenvalue weighted by Crippen LogP contribution is 2.69. The van der Waals surface area contributed by atoms with Gasteiger partial charge in [-0.2, -0.15) is 0 Å². The molecule has 24 nitrogen and oxygen atoms in total. The van der Waals surface area contributed by atoms with Crippen LogP contribution < -0.4 is 38.3 Å². The number of unbranched alkanes of at least 4 members (excludes halogenated alkanes) is 3. The molecule has 2 aromatic carbocycles. The molecule has 496 valence electrons. The molecule has 4 aliphatic carbocycles. The summed E-state index contributed by atoms with van der Waals surface area (Å²) >= 11 is 0. The van der Waals surface area contributed by atoms with Crippen molar-refractivity contribution in [1.82, 2.24) is 5.32 Å². The molecule has 4 aliphatic rings. The Morgan fingerprint density at radius 3 is 2.03 bits per heavy atom. The number of fused-ring (bicyclic) bond motifs is 5. The average Bonchev–Trinajstić information content (AvgIpc) is 1.70. The van der Waals surface area contributed by atoms with Crippen molar-refractivity contribution in [1.29, 1.82) is 0 Å². The Balaban J connectivity index is 0.969. The summed E-state index contributed by atoms with van der Waals surface area (Å²) in [5.41, 5.74) is 22.6. The number of hydrogen-bond donors (Lipinski definition) is 9. The molecule has 24 heteroatoms. The lowest BCUT2D eigenvalue weighted by atomic mass is 9.43. The van der Waals surface area contributed by atoms with Crippen molar-refractivity contribution < 1.29 is 86.8 Å². The Morgan fingerprint density at radius 2 is 1.34 bits per heavy atom. The van der Waals surface area contributed by atoms with Gasteiger partial charge in [0, 0.05) is 43.9 Å². The molecule has 0 aromatic heterocycles. The number of aromatic hydroxyl groups is 2. The quantitative estimate of drug-likeness (QED) is 0.0240. The number of hydrogen-bond acceptors (Lipinski definition) is 20. The molecule has 0 saturated heterocycles. The highest BCUT2D eigenvalue weighted by molar-refractivity contribution is 6.02. The van der Waals surface area contributed by atoms with Gasteiger partial charge in [-0.1, -0.05) is 58.6 Å². The maximum atomic E-state index is 14.1.